The van der Waals surface area contributed by atoms with Crippen LogP contribution in [0.25, 0.3) is 22.1 Å². The molecule has 2 aromatic carbocycles. The highest BCUT2D eigenvalue weighted by atomic mass is 35.7. The quantitative estimate of drug-likeness (QED) is 0.0959. The van der Waals surface area contributed by atoms with E-state index in [0.717, 1.165) is 79.5 Å². The van der Waals surface area contributed by atoms with Crippen molar-refractivity contribution in [3.8, 4) is 0 Å². The number of nitrogens with zero attached hydrogens (tertiary/aromatic N) is 11. The second-order valence-corrected chi connectivity index (χ2v) is 29.0. The number of amides is 2. The van der Waals surface area contributed by atoms with Crippen molar-refractivity contribution in [1.82, 2.24) is 58.3 Å². The number of benzene rings is 2. The number of piperazine rings is 2. The van der Waals surface area contributed by atoms with Crippen LogP contribution in [0.1, 0.15) is 65.5 Å². The zero-order valence-electron chi connectivity index (χ0n) is 49.7. The first-order chi connectivity index (χ1) is 40.1. The average molecular weight is 1230 g/mol. The number of likely N-dealkylation sites (tertiary alicyclic amines) is 2. The molecule has 8 heterocycles. The third-order valence-electron chi connectivity index (χ3n) is 14.4. The smallest absolute Gasteiger partial charge is 0.410 e. The Labute approximate surface area is 501 Å². The topological polar surface area (TPSA) is 269 Å². The van der Waals surface area contributed by atoms with E-state index in [-0.39, 0.29) is 29.2 Å². The molecule has 6 aromatic rings. The molecule has 2 amide bonds. The fourth-order valence-corrected chi connectivity index (χ4v) is 11.0. The molecule has 10 rings (SSSR count). The molecule has 4 saturated heterocycles. The average Bonchev–Trinajstić information content (AvgIpc) is 3.31. The van der Waals surface area contributed by atoms with E-state index < -0.39 is 30.3 Å². The molecule has 0 spiro atoms. The van der Waals surface area contributed by atoms with Gasteiger partial charge < -0.3 is 35.2 Å². The number of rotatable bonds is 15. The summed E-state index contributed by atoms with van der Waals surface area (Å²) in [6.07, 6.45) is 6.57. The molecule has 4 aliphatic heterocycles. The van der Waals surface area contributed by atoms with Gasteiger partial charge in [0.15, 0.2) is 0 Å². The molecule has 27 heteroatoms. The molecule has 3 N–H and O–H groups in total. The molecule has 0 radical (unpaired) electrons. The van der Waals surface area contributed by atoms with Gasteiger partial charge in [-0.2, -0.15) is 14.3 Å². The highest BCUT2D eigenvalue weighted by Crippen LogP contribution is 2.26. The molecule has 0 aliphatic carbocycles. The number of aromatic nitrogens is 6. The summed E-state index contributed by atoms with van der Waals surface area (Å²) in [6.45, 7) is 22.7. The summed E-state index contributed by atoms with van der Waals surface area (Å²) in [5.74, 6) is 1.45. The maximum atomic E-state index is 12.8. The van der Waals surface area contributed by atoms with Gasteiger partial charge in [0, 0.05) is 162 Å². The van der Waals surface area contributed by atoms with Crippen LogP contribution in [-0.2, 0) is 54.7 Å². The van der Waals surface area contributed by atoms with Gasteiger partial charge in [-0.25, -0.2) is 36.4 Å². The van der Waals surface area contributed by atoms with Gasteiger partial charge in [0.2, 0.25) is 31.0 Å². The standard InChI is InChI=1S/C29H39N7O5S.C28H37N7O3.CH3ClO2S/c1-29(2,3)41-28(38)34-19-22(20-34)10-11-36-25(37)9-8-23-17-30-27(32-26(23)36)31-24-7-5-6-21(16-24)18-33-12-14-35(15-13-33)42(4,39)40;1-28(2,3)38-27(37)34-18-21(19-34)9-12-35-24(36)8-7-22-16-30-26(32-25(22)35)31-23-6-4-5-20(15-23)17-33-13-10-29-11-14-33;1-5(2,3)4/h5-9,16-17,22H,10-15,18-20H2,1-4H3,(H,30,31,32);4-8,15-16,21,29H,9-14,17-19H2,1-3H3,(H,30,31,32);1H3. The Morgan fingerprint density at radius 2 is 1.01 bits per heavy atom. The predicted octanol–water partition coefficient (Wildman–Crippen LogP) is 6.25. The van der Waals surface area contributed by atoms with Crippen molar-refractivity contribution in [3.05, 3.63) is 117 Å². The van der Waals surface area contributed by atoms with Crippen molar-refractivity contribution < 1.29 is 35.9 Å². The van der Waals surface area contributed by atoms with Crippen LogP contribution >= 0.6 is 10.7 Å². The summed E-state index contributed by atoms with van der Waals surface area (Å²) in [6, 6.07) is 22.9. The maximum absolute atomic E-state index is 12.8. The Kier molecular flexibility index (Phi) is 20.9. The summed E-state index contributed by atoms with van der Waals surface area (Å²) >= 11 is 0. The minimum Gasteiger partial charge on any atom is -0.444 e. The number of carbonyl (C=O) groups excluding carboxylic acids is 2. The molecule has 24 nitrogen and oxygen atoms in total. The number of fused-ring (bicyclic) bond motifs is 2. The van der Waals surface area contributed by atoms with Gasteiger partial charge in [-0.3, -0.25) is 28.5 Å². The van der Waals surface area contributed by atoms with E-state index in [1.54, 1.807) is 49.5 Å². The minimum absolute atomic E-state index is 0.0940. The van der Waals surface area contributed by atoms with Gasteiger partial charge >= 0.3 is 12.2 Å². The minimum atomic E-state index is -3.19. The second kappa shape index (κ2) is 27.7. The number of hydrogen-bond acceptors (Lipinski definition) is 19. The number of aryl methyl sites for hydroxylation is 2. The van der Waals surface area contributed by atoms with E-state index in [9.17, 15) is 36.0 Å². The number of halogens is 1. The molecule has 85 heavy (non-hydrogen) atoms. The van der Waals surface area contributed by atoms with E-state index in [0.29, 0.717) is 101 Å². The van der Waals surface area contributed by atoms with Gasteiger partial charge in [-0.1, -0.05) is 24.3 Å². The third-order valence-corrected chi connectivity index (χ3v) is 15.7. The second-order valence-electron chi connectivity index (χ2n) is 24.0. The lowest BCUT2D eigenvalue weighted by atomic mass is 9.97. The Balaban J connectivity index is 0.000000206. The molecule has 0 unspecified atom stereocenters. The van der Waals surface area contributed by atoms with Crippen LogP contribution in [0.15, 0.2) is 94.8 Å². The molecule has 4 aliphatic rings. The fraction of sp³-hybridized carbons (Fsp3) is 0.517. The highest BCUT2D eigenvalue weighted by molar-refractivity contribution is 8.13. The highest BCUT2D eigenvalue weighted by Gasteiger charge is 2.35. The normalized spacial score (nSPS) is 16.8. The van der Waals surface area contributed by atoms with E-state index in [2.05, 4.69) is 58.5 Å². The van der Waals surface area contributed by atoms with E-state index in [1.165, 1.54) is 22.2 Å². The zero-order chi connectivity index (χ0) is 61.3. The molecule has 460 valence electrons. The largest absolute Gasteiger partial charge is 0.444 e. The number of pyridine rings is 2. The molecule has 4 aromatic heterocycles. The van der Waals surface area contributed by atoms with E-state index in [1.807, 2.05) is 77.9 Å². The van der Waals surface area contributed by atoms with Gasteiger partial charge in [0.25, 0.3) is 11.1 Å². The lowest BCUT2D eigenvalue weighted by Gasteiger charge is -2.39. The van der Waals surface area contributed by atoms with Crippen molar-refractivity contribution in [1.29, 1.82) is 0 Å². The number of nitrogens with one attached hydrogen (secondary N) is 3. The SMILES string of the molecule is CC(C)(C)OC(=O)N1CC(CCn2c(=O)ccc3cnc(Nc4cccc(CN5CCN(S(C)(=O)=O)CC5)c4)nc32)C1.CC(C)(C)OC(=O)N1CC(CCn2c(=O)ccc3cnc(Nc4cccc(CN5CCNCC5)c4)nc32)C1.CS(=O)(=O)Cl. The van der Waals surface area contributed by atoms with Crippen LogP contribution in [0.4, 0.5) is 32.9 Å². The first kappa shape index (κ1) is 64.2. The number of anilines is 4. The van der Waals surface area contributed by atoms with Crippen LogP contribution in [0.2, 0.25) is 0 Å². The molecular weight excluding hydrogens is 1150 g/mol. The van der Waals surface area contributed by atoms with Gasteiger partial charge in [-0.15, -0.1) is 0 Å². The number of hydrogen-bond donors (Lipinski definition) is 3. The van der Waals surface area contributed by atoms with Crippen molar-refractivity contribution in [2.45, 2.75) is 91.8 Å². The number of ether oxygens (including phenoxy) is 2. The number of sulfonamides is 1. The molecule has 0 atom stereocenters. The van der Waals surface area contributed by atoms with E-state index >= 15 is 0 Å². The van der Waals surface area contributed by atoms with Crippen molar-refractivity contribution in [2.24, 2.45) is 11.8 Å². The lowest BCUT2D eigenvalue weighted by molar-refractivity contribution is -0.00344. The predicted molar refractivity (Wildman–Crippen MR) is 329 cm³/mol. The lowest BCUT2D eigenvalue weighted by Crippen LogP contribution is -2.51. The fourth-order valence-electron chi connectivity index (χ4n) is 10.1. The van der Waals surface area contributed by atoms with Crippen LogP contribution < -0.4 is 27.1 Å². The Hall–Kier alpha value is -6.81. The molecule has 4 fully saturated rings. The van der Waals surface area contributed by atoms with Crippen LogP contribution in [0.5, 0.6) is 0 Å². The van der Waals surface area contributed by atoms with E-state index in [4.69, 9.17) is 19.4 Å². The summed E-state index contributed by atoms with van der Waals surface area (Å²) in [4.78, 5) is 76.5. The summed E-state index contributed by atoms with van der Waals surface area (Å²) in [5.41, 5.74) is 3.97. The first-order valence-electron chi connectivity index (χ1n) is 28.5. The van der Waals surface area contributed by atoms with Crippen molar-refractivity contribution in [2.75, 3.05) is 102 Å². The summed E-state index contributed by atoms with van der Waals surface area (Å²) in [7, 11) is -1.85. The Morgan fingerprint density at radius 3 is 1.40 bits per heavy atom. The van der Waals surface area contributed by atoms with Crippen molar-refractivity contribution in [3.63, 3.8) is 0 Å². The van der Waals surface area contributed by atoms with Crippen molar-refractivity contribution >= 4 is 87.3 Å². The zero-order valence-corrected chi connectivity index (χ0v) is 52.1. The summed E-state index contributed by atoms with van der Waals surface area (Å²) in [5, 5.41) is 11.6. The monoisotopic (exact) mass is 1230 g/mol. The molecular formula is C58H79ClN14O10S2. The summed E-state index contributed by atoms with van der Waals surface area (Å²) < 4.78 is 58.2. The number of carbonyl (C=O) groups is 2. The van der Waals surface area contributed by atoms with Crippen LogP contribution in [-0.4, -0.2) is 184 Å². The van der Waals surface area contributed by atoms with Gasteiger partial charge in [-0.05, 0) is 114 Å². The Bertz CT molecular complexity index is 3660. The van der Waals surface area contributed by atoms with Crippen LogP contribution in [0, 0.1) is 11.8 Å². The Morgan fingerprint density at radius 1 is 0.612 bits per heavy atom. The van der Waals surface area contributed by atoms with Gasteiger partial charge in [0.1, 0.15) is 22.5 Å². The first-order valence-corrected chi connectivity index (χ1v) is 33.1. The molecule has 0 saturated carbocycles. The third kappa shape index (κ3) is 19.6. The molecule has 0 bridgehead atoms. The maximum Gasteiger partial charge on any atom is 0.410 e. The van der Waals surface area contributed by atoms with Crippen LogP contribution in [0.3, 0.4) is 0 Å². The van der Waals surface area contributed by atoms with Gasteiger partial charge in [0.05, 0.1) is 12.5 Å².